The number of nitrogens with zero attached hydrogens (tertiary/aromatic N) is 1. The third kappa shape index (κ3) is 4.03. The second-order valence-corrected chi connectivity index (χ2v) is 7.53. The molecule has 1 amide bonds. The van der Waals surface area contributed by atoms with Crippen molar-refractivity contribution in [2.75, 3.05) is 11.6 Å². The fourth-order valence-electron chi connectivity index (χ4n) is 1.57. The van der Waals surface area contributed by atoms with Gasteiger partial charge in [0.2, 0.25) is 0 Å². The first kappa shape index (κ1) is 15.9. The number of benzene rings is 1. The molecule has 0 aliphatic heterocycles. The van der Waals surface area contributed by atoms with E-state index in [0.29, 0.717) is 10.2 Å². The number of sulfone groups is 1. The predicted octanol–water partition coefficient (Wildman–Crippen LogP) is 3.15. The van der Waals surface area contributed by atoms with Crippen LogP contribution >= 0.6 is 27.5 Å². The average molecular weight is 390 g/mol. The SMILES string of the molecule is CS(=O)(=O)c1ccc(NC(=O)c2cc(Br)cnc2Cl)cc1. The summed E-state index contributed by atoms with van der Waals surface area (Å²) in [7, 11) is -3.26. The number of nitrogens with one attached hydrogen (secondary N) is 1. The van der Waals surface area contributed by atoms with Gasteiger partial charge in [-0.15, -0.1) is 0 Å². The van der Waals surface area contributed by atoms with Gasteiger partial charge in [-0.1, -0.05) is 11.6 Å². The Morgan fingerprint density at radius 3 is 2.48 bits per heavy atom. The quantitative estimate of drug-likeness (QED) is 0.818. The van der Waals surface area contributed by atoms with Gasteiger partial charge in [-0.2, -0.15) is 0 Å². The molecule has 2 rings (SSSR count). The summed E-state index contributed by atoms with van der Waals surface area (Å²) < 4.78 is 23.3. The first-order chi connectivity index (χ1) is 9.77. The maximum atomic E-state index is 12.1. The van der Waals surface area contributed by atoms with Gasteiger partial charge in [-0.25, -0.2) is 13.4 Å². The molecule has 0 saturated heterocycles. The molecular weight excluding hydrogens is 380 g/mol. The minimum absolute atomic E-state index is 0.0865. The van der Waals surface area contributed by atoms with Gasteiger partial charge in [0, 0.05) is 22.6 Å². The van der Waals surface area contributed by atoms with Crippen molar-refractivity contribution in [3.8, 4) is 0 Å². The van der Waals surface area contributed by atoms with E-state index >= 15 is 0 Å². The average Bonchev–Trinajstić information content (AvgIpc) is 2.41. The highest BCUT2D eigenvalue weighted by Gasteiger charge is 2.13. The molecule has 0 spiro atoms. The molecule has 0 aliphatic carbocycles. The Morgan fingerprint density at radius 2 is 1.90 bits per heavy atom. The van der Waals surface area contributed by atoms with E-state index < -0.39 is 15.7 Å². The molecule has 0 atom stereocenters. The lowest BCUT2D eigenvalue weighted by molar-refractivity contribution is 0.102. The smallest absolute Gasteiger partial charge is 0.258 e. The lowest BCUT2D eigenvalue weighted by atomic mass is 10.2. The minimum Gasteiger partial charge on any atom is -0.322 e. The Hall–Kier alpha value is -1.44. The molecule has 0 bridgehead atoms. The molecule has 0 unspecified atom stereocenters. The second-order valence-electron chi connectivity index (χ2n) is 4.24. The summed E-state index contributed by atoms with van der Waals surface area (Å²) in [6.45, 7) is 0. The monoisotopic (exact) mass is 388 g/mol. The van der Waals surface area contributed by atoms with Crippen molar-refractivity contribution in [1.82, 2.24) is 4.98 Å². The van der Waals surface area contributed by atoms with Crippen LogP contribution in [0.2, 0.25) is 5.15 Å². The van der Waals surface area contributed by atoms with Crippen LogP contribution in [0.15, 0.2) is 45.9 Å². The fraction of sp³-hybridized carbons (Fsp3) is 0.0769. The van der Waals surface area contributed by atoms with Crippen LogP contribution in [0.1, 0.15) is 10.4 Å². The number of anilines is 1. The minimum atomic E-state index is -3.26. The summed E-state index contributed by atoms with van der Waals surface area (Å²) in [5.41, 5.74) is 0.682. The number of halogens is 2. The molecule has 1 N–H and O–H groups in total. The highest BCUT2D eigenvalue weighted by Crippen LogP contribution is 2.20. The van der Waals surface area contributed by atoms with Crippen molar-refractivity contribution in [3.05, 3.63) is 51.7 Å². The molecule has 1 aromatic carbocycles. The van der Waals surface area contributed by atoms with Gasteiger partial charge < -0.3 is 5.32 Å². The van der Waals surface area contributed by atoms with Gasteiger partial charge in [0.1, 0.15) is 5.15 Å². The molecule has 21 heavy (non-hydrogen) atoms. The molecule has 1 aromatic heterocycles. The van der Waals surface area contributed by atoms with Crippen LogP contribution in [0.4, 0.5) is 5.69 Å². The first-order valence-electron chi connectivity index (χ1n) is 5.70. The van der Waals surface area contributed by atoms with Crippen molar-refractivity contribution in [2.24, 2.45) is 0 Å². The van der Waals surface area contributed by atoms with Crippen LogP contribution in [0.25, 0.3) is 0 Å². The van der Waals surface area contributed by atoms with Gasteiger partial charge in [-0.3, -0.25) is 4.79 Å². The van der Waals surface area contributed by atoms with Crippen LogP contribution < -0.4 is 5.32 Å². The Kier molecular flexibility index (Phi) is 4.65. The van der Waals surface area contributed by atoms with Crippen molar-refractivity contribution in [1.29, 1.82) is 0 Å². The van der Waals surface area contributed by atoms with Crippen LogP contribution in [0.3, 0.4) is 0 Å². The summed E-state index contributed by atoms with van der Waals surface area (Å²) in [6, 6.07) is 7.41. The molecule has 0 saturated carbocycles. The number of aromatic nitrogens is 1. The molecule has 0 radical (unpaired) electrons. The molecule has 0 fully saturated rings. The van der Waals surface area contributed by atoms with E-state index in [1.165, 1.54) is 30.5 Å². The van der Waals surface area contributed by atoms with Crippen LogP contribution in [0, 0.1) is 0 Å². The van der Waals surface area contributed by atoms with E-state index in [1.807, 2.05) is 0 Å². The summed E-state index contributed by atoms with van der Waals surface area (Å²) in [5, 5.41) is 2.71. The highest BCUT2D eigenvalue weighted by molar-refractivity contribution is 9.10. The topological polar surface area (TPSA) is 76.1 Å². The maximum Gasteiger partial charge on any atom is 0.258 e. The number of amides is 1. The van der Waals surface area contributed by atoms with Crippen molar-refractivity contribution >= 4 is 49.0 Å². The molecular formula is C13H10BrClN2O3S. The highest BCUT2D eigenvalue weighted by atomic mass is 79.9. The molecule has 2 aromatic rings. The zero-order valence-electron chi connectivity index (χ0n) is 10.8. The number of carbonyl (C=O) groups excluding carboxylic acids is 1. The first-order valence-corrected chi connectivity index (χ1v) is 8.76. The lowest BCUT2D eigenvalue weighted by Gasteiger charge is -2.07. The number of carbonyl (C=O) groups is 1. The van der Waals surface area contributed by atoms with Gasteiger partial charge in [0.05, 0.1) is 10.5 Å². The molecule has 110 valence electrons. The zero-order chi connectivity index (χ0) is 15.6. The summed E-state index contributed by atoms with van der Waals surface area (Å²) in [5.74, 6) is -0.430. The van der Waals surface area contributed by atoms with Gasteiger partial charge in [0.15, 0.2) is 9.84 Å². The third-order valence-electron chi connectivity index (χ3n) is 2.59. The lowest BCUT2D eigenvalue weighted by Crippen LogP contribution is -2.13. The van der Waals surface area contributed by atoms with E-state index in [0.717, 1.165) is 6.26 Å². The fourth-order valence-corrected chi connectivity index (χ4v) is 2.72. The summed E-state index contributed by atoms with van der Waals surface area (Å²) in [4.78, 5) is 16.1. The summed E-state index contributed by atoms with van der Waals surface area (Å²) >= 11 is 9.08. The third-order valence-corrected chi connectivity index (χ3v) is 4.45. The van der Waals surface area contributed by atoms with E-state index in [9.17, 15) is 13.2 Å². The number of rotatable bonds is 3. The predicted molar refractivity (Wildman–Crippen MR) is 84.5 cm³/mol. The maximum absolute atomic E-state index is 12.1. The normalized spacial score (nSPS) is 11.2. The molecule has 8 heteroatoms. The second kappa shape index (κ2) is 6.13. The molecule has 0 aliphatic rings. The van der Waals surface area contributed by atoms with Crippen molar-refractivity contribution < 1.29 is 13.2 Å². The van der Waals surface area contributed by atoms with E-state index in [-0.39, 0.29) is 15.6 Å². The number of hydrogen-bond acceptors (Lipinski definition) is 4. The van der Waals surface area contributed by atoms with E-state index in [2.05, 4.69) is 26.2 Å². The van der Waals surface area contributed by atoms with Crippen LogP contribution in [-0.4, -0.2) is 25.6 Å². The standard InChI is InChI=1S/C13H10BrClN2O3S/c1-21(19,20)10-4-2-9(3-5-10)17-13(18)11-6-8(14)7-16-12(11)15/h2-7H,1H3,(H,17,18). The van der Waals surface area contributed by atoms with Gasteiger partial charge in [0.25, 0.3) is 5.91 Å². The van der Waals surface area contributed by atoms with E-state index in [4.69, 9.17) is 11.6 Å². The van der Waals surface area contributed by atoms with E-state index in [1.54, 1.807) is 6.07 Å². The van der Waals surface area contributed by atoms with Crippen molar-refractivity contribution in [3.63, 3.8) is 0 Å². The Bertz CT molecular complexity index is 792. The van der Waals surface area contributed by atoms with Crippen LogP contribution in [0.5, 0.6) is 0 Å². The Balaban J connectivity index is 2.22. The van der Waals surface area contributed by atoms with Crippen molar-refractivity contribution in [2.45, 2.75) is 4.90 Å². The largest absolute Gasteiger partial charge is 0.322 e. The Labute approximate surface area is 135 Å². The number of pyridine rings is 1. The van der Waals surface area contributed by atoms with Gasteiger partial charge in [-0.05, 0) is 46.3 Å². The summed E-state index contributed by atoms with van der Waals surface area (Å²) in [6.07, 6.45) is 2.60. The number of hydrogen-bond donors (Lipinski definition) is 1. The van der Waals surface area contributed by atoms with Crippen LogP contribution in [-0.2, 0) is 9.84 Å². The van der Waals surface area contributed by atoms with Gasteiger partial charge >= 0.3 is 0 Å². The molecule has 5 nitrogen and oxygen atoms in total. The Morgan fingerprint density at radius 1 is 1.29 bits per heavy atom. The molecule has 1 heterocycles. The zero-order valence-corrected chi connectivity index (χ0v) is 14.0.